The van der Waals surface area contributed by atoms with Crippen LogP contribution in [0.1, 0.15) is 28.4 Å². The van der Waals surface area contributed by atoms with E-state index in [1.165, 1.54) is 5.56 Å². The van der Waals surface area contributed by atoms with Gasteiger partial charge >= 0.3 is 0 Å². The van der Waals surface area contributed by atoms with E-state index in [-0.39, 0.29) is 5.91 Å². The van der Waals surface area contributed by atoms with Gasteiger partial charge in [0.25, 0.3) is 5.91 Å². The van der Waals surface area contributed by atoms with Gasteiger partial charge in [0, 0.05) is 50.7 Å². The Labute approximate surface area is 211 Å². The van der Waals surface area contributed by atoms with E-state index in [0.29, 0.717) is 56.6 Å². The number of amides is 1. The fourth-order valence-corrected chi connectivity index (χ4v) is 4.40. The molecule has 8 nitrogen and oxygen atoms in total. The van der Waals surface area contributed by atoms with Crippen LogP contribution in [0.25, 0.3) is 0 Å². The first-order valence-electron chi connectivity index (χ1n) is 12.4. The standard InChI is InChI=1S/C28H31N3O5/c1-2-33-27-18-23(4-6-25(27)36-20-21-7-9-29-10-8-21)28(32)31-13-11-30(12-14-31)19-22-3-5-24-26(17-22)35-16-15-34-24/h3-10,17-18H,2,11-16,19-20H2,1H3. The monoisotopic (exact) mass is 489 g/mol. The Morgan fingerprint density at radius 1 is 0.861 bits per heavy atom. The third-order valence-corrected chi connectivity index (χ3v) is 6.31. The summed E-state index contributed by atoms with van der Waals surface area (Å²) in [6.07, 6.45) is 3.47. The molecule has 0 atom stereocenters. The fraction of sp³-hybridized carbons (Fsp3) is 0.357. The Morgan fingerprint density at radius 3 is 2.42 bits per heavy atom. The summed E-state index contributed by atoms with van der Waals surface area (Å²) in [5.74, 6) is 2.83. The third kappa shape index (κ3) is 5.71. The first-order chi connectivity index (χ1) is 17.7. The molecule has 3 heterocycles. The first-order valence-corrected chi connectivity index (χ1v) is 12.4. The lowest BCUT2D eigenvalue weighted by molar-refractivity contribution is 0.0627. The maximum atomic E-state index is 13.2. The second kappa shape index (κ2) is 11.3. The minimum absolute atomic E-state index is 0.00983. The van der Waals surface area contributed by atoms with Crippen molar-refractivity contribution in [2.45, 2.75) is 20.1 Å². The van der Waals surface area contributed by atoms with Gasteiger partial charge in [-0.2, -0.15) is 0 Å². The first kappa shape index (κ1) is 23.9. The van der Waals surface area contributed by atoms with E-state index in [1.807, 2.05) is 42.2 Å². The molecule has 36 heavy (non-hydrogen) atoms. The van der Waals surface area contributed by atoms with Crippen molar-refractivity contribution in [1.29, 1.82) is 0 Å². The van der Waals surface area contributed by atoms with Crippen LogP contribution in [0.2, 0.25) is 0 Å². The SMILES string of the molecule is CCOc1cc(C(=O)N2CCN(Cc3ccc4c(c3)OCCO4)CC2)ccc1OCc1ccncc1. The molecule has 1 aromatic heterocycles. The normalized spacial score (nSPS) is 15.4. The van der Waals surface area contributed by atoms with Crippen LogP contribution in [-0.4, -0.2) is 66.7 Å². The van der Waals surface area contributed by atoms with Crippen molar-refractivity contribution in [2.24, 2.45) is 0 Å². The smallest absolute Gasteiger partial charge is 0.254 e. The Morgan fingerprint density at radius 2 is 1.64 bits per heavy atom. The van der Waals surface area contributed by atoms with Crippen molar-refractivity contribution >= 4 is 5.91 Å². The van der Waals surface area contributed by atoms with Gasteiger partial charge in [0.15, 0.2) is 23.0 Å². The van der Waals surface area contributed by atoms with Gasteiger partial charge in [-0.25, -0.2) is 0 Å². The highest BCUT2D eigenvalue weighted by molar-refractivity contribution is 5.95. The summed E-state index contributed by atoms with van der Waals surface area (Å²) in [5, 5.41) is 0. The number of fused-ring (bicyclic) bond motifs is 1. The zero-order valence-electron chi connectivity index (χ0n) is 20.5. The Kier molecular flexibility index (Phi) is 7.52. The molecule has 2 aliphatic heterocycles. The van der Waals surface area contributed by atoms with Gasteiger partial charge in [0.05, 0.1) is 6.61 Å². The second-order valence-corrected chi connectivity index (χ2v) is 8.79. The van der Waals surface area contributed by atoms with E-state index in [4.69, 9.17) is 18.9 Å². The molecular formula is C28H31N3O5. The summed E-state index contributed by atoms with van der Waals surface area (Å²) in [7, 11) is 0. The van der Waals surface area contributed by atoms with Crippen LogP contribution in [0.5, 0.6) is 23.0 Å². The Balaban J connectivity index is 1.18. The van der Waals surface area contributed by atoms with Crippen molar-refractivity contribution < 1.29 is 23.7 Å². The average molecular weight is 490 g/mol. The molecule has 1 fully saturated rings. The summed E-state index contributed by atoms with van der Waals surface area (Å²) in [4.78, 5) is 21.5. The summed E-state index contributed by atoms with van der Waals surface area (Å²) in [6, 6.07) is 15.3. The molecule has 0 aliphatic carbocycles. The molecule has 1 saturated heterocycles. The summed E-state index contributed by atoms with van der Waals surface area (Å²) in [5.41, 5.74) is 2.81. The molecule has 1 amide bonds. The van der Waals surface area contributed by atoms with Gasteiger partial charge in [-0.1, -0.05) is 6.07 Å². The fourth-order valence-electron chi connectivity index (χ4n) is 4.40. The minimum Gasteiger partial charge on any atom is -0.490 e. The Hall–Kier alpha value is -3.78. The number of nitrogens with zero attached hydrogens (tertiary/aromatic N) is 3. The van der Waals surface area contributed by atoms with Gasteiger partial charge < -0.3 is 23.8 Å². The molecule has 0 saturated carbocycles. The van der Waals surface area contributed by atoms with Crippen LogP contribution in [-0.2, 0) is 13.2 Å². The molecule has 2 aliphatic rings. The van der Waals surface area contributed by atoms with Gasteiger partial charge in [0.1, 0.15) is 19.8 Å². The van der Waals surface area contributed by atoms with E-state index >= 15 is 0 Å². The number of aromatic nitrogens is 1. The van der Waals surface area contributed by atoms with Crippen LogP contribution in [0.4, 0.5) is 0 Å². The number of hydrogen-bond acceptors (Lipinski definition) is 7. The molecule has 2 aromatic carbocycles. The van der Waals surface area contributed by atoms with Crippen LogP contribution in [0, 0.1) is 0 Å². The molecule has 188 valence electrons. The molecule has 0 N–H and O–H groups in total. The number of piperazine rings is 1. The van der Waals surface area contributed by atoms with Crippen LogP contribution < -0.4 is 18.9 Å². The molecule has 5 rings (SSSR count). The molecular weight excluding hydrogens is 458 g/mol. The van der Waals surface area contributed by atoms with E-state index in [9.17, 15) is 4.79 Å². The minimum atomic E-state index is 0.00983. The molecule has 0 spiro atoms. The molecule has 0 radical (unpaired) electrons. The number of carbonyl (C=O) groups is 1. The van der Waals surface area contributed by atoms with Crippen molar-refractivity contribution in [1.82, 2.24) is 14.8 Å². The van der Waals surface area contributed by atoms with Crippen molar-refractivity contribution in [3.63, 3.8) is 0 Å². The largest absolute Gasteiger partial charge is 0.490 e. The quantitative estimate of drug-likeness (QED) is 0.477. The highest BCUT2D eigenvalue weighted by Crippen LogP contribution is 2.32. The summed E-state index contributed by atoms with van der Waals surface area (Å²) in [6.45, 7) is 7.77. The topological polar surface area (TPSA) is 73.4 Å². The number of benzene rings is 2. The number of rotatable bonds is 8. The lowest BCUT2D eigenvalue weighted by Crippen LogP contribution is -2.48. The molecule has 0 unspecified atom stereocenters. The van der Waals surface area contributed by atoms with Gasteiger partial charge in [0.2, 0.25) is 0 Å². The molecule has 0 bridgehead atoms. The maximum absolute atomic E-state index is 13.2. The van der Waals surface area contributed by atoms with E-state index in [2.05, 4.69) is 22.0 Å². The van der Waals surface area contributed by atoms with Crippen LogP contribution in [0.15, 0.2) is 60.9 Å². The van der Waals surface area contributed by atoms with Crippen molar-refractivity contribution in [3.05, 3.63) is 77.6 Å². The summed E-state index contributed by atoms with van der Waals surface area (Å²) < 4.78 is 23.1. The van der Waals surface area contributed by atoms with Gasteiger partial charge in [-0.15, -0.1) is 0 Å². The van der Waals surface area contributed by atoms with Crippen LogP contribution in [0.3, 0.4) is 0 Å². The van der Waals surface area contributed by atoms with Gasteiger partial charge in [-0.05, 0) is 60.5 Å². The van der Waals surface area contributed by atoms with E-state index in [1.54, 1.807) is 18.5 Å². The zero-order chi connectivity index (χ0) is 24.7. The zero-order valence-corrected chi connectivity index (χ0v) is 20.5. The predicted octanol–water partition coefficient (Wildman–Crippen LogP) is 3.79. The number of ether oxygens (including phenoxy) is 4. The highest BCUT2D eigenvalue weighted by Gasteiger charge is 2.24. The molecule has 3 aromatic rings. The summed E-state index contributed by atoms with van der Waals surface area (Å²) >= 11 is 0. The van der Waals surface area contributed by atoms with Gasteiger partial charge in [-0.3, -0.25) is 14.7 Å². The highest BCUT2D eigenvalue weighted by atomic mass is 16.6. The average Bonchev–Trinajstić information content (AvgIpc) is 2.93. The van der Waals surface area contributed by atoms with E-state index < -0.39 is 0 Å². The number of hydrogen-bond donors (Lipinski definition) is 0. The third-order valence-electron chi connectivity index (χ3n) is 6.31. The van der Waals surface area contributed by atoms with Crippen molar-refractivity contribution in [3.8, 4) is 23.0 Å². The predicted molar refractivity (Wildman–Crippen MR) is 135 cm³/mol. The maximum Gasteiger partial charge on any atom is 0.254 e. The van der Waals surface area contributed by atoms with E-state index in [0.717, 1.165) is 36.7 Å². The Bertz CT molecular complexity index is 1180. The molecule has 8 heteroatoms. The number of pyridine rings is 1. The lowest BCUT2D eigenvalue weighted by Gasteiger charge is -2.35. The lowest BCUT2D eigenvalue weighted by atomic mass is 10.1. The van der Waals surface area contributed by atoms with Crippen LogP contribution >= 0.6 is 0 Å². The van der Waals surface area contributed by atoms with Crippen molar-refractivity contribution in [2.75, 3.05) is 46.0 Å². The number of carbonyl (C=O) groups excluding carboxylic acids is 1. The second-order valence-electron chi connectivity index (χ2n) is 8.79.